The number of carbonyl (C=O) groups excluding carboxylic acids is 3. The second-order valence-corrected chi connectivity index (χ2v) is 11.5. The van der Waals surface area contributed by atoms with Gasteiger partial charge >= 0.3 is 6.09 Å². The van der Waals surface area contributed by atoms with Gasteiger partial charge in [-0.1, -0.05) is 12.1 Å². The lowest BCUT2D eigenvalue weighted by Gasteiger charge is -2.28. The van der Waals surface area contributed by atoms with Gasteiger partial charge < -0.3 is 21.1 Å². The van der Waals surface area contributed by atoms with E-state index in [1.807, 2.05) is 6.07 Å². The number of nitrogens with zero attached hydrogens (tertiary/aromatic N) is 3. The van der Waals surface area contributed by atoms with Crippen molar-refractivity contribution in [2.75, 3.05) is 12.3 Å². The van der Waals surface area contributed by atoms with Crippen LogP contribution >= 0.6 is 0 Å². The van der Waals surface area contributed by atoms with Crippen molar-refractivity contribution in [2.24, 2.45) is 5.92 Å². The fourth-order valence-corrected chi connectivity index (χ4v) is 5.23. The molecule has 1 unspecified atom stereocenters. The Balaban J connectivity index is 1.43. The fourth-order valence-electron chi connectivity index (χ4n) is 5.23. The number of nitrogens with two attached hydrogens (primary N) is 1. The van der Waals surface area contributed by atoms with Gasteiger partial charge in [-0.3, -0.25) is 14.5 Å². The SMILES string of the molecule is C[C@H](NC(=O)[C@H]1C[C@H](Cc2ccc(F)cc2)CN1C(=O)OC(C)(C)C)C(=O)NC1CCc2nc(N)c(C#N)cc21. The minimum absolute atomic E-state index is 0.0536. The van der Waals surface area contributed by atoms with Gasteiger partial charge in [0.05, 0.1) is 11.6 Å². The van der Waals surface area contributed by atoms with Crippen LogP contribution in [0, 0.1) is 23.1 Å². The Morgan fingerprint density at radius 3 is 2.62 bits per heavy atom. The quantitative estimate of drug-likeness (QED) is 0.500. The predicted octanol–water partition coefficient (Wildman–Crippen LogP) is 3.15. The molecule has 1 fully saturated rings. The molecule has 0 bridgehead atoms. The zero-order chi connectivity index (χ0) is 29.2. The number of ether oxygens (including phenoxy) is 1. The number of aryl methyl sites for hydroxylation is 1. The van der Waals surface area contributed by atoms with Crippen LogP contribution in [0.25, 0.3) is 0 Å². The molecule has 1 aromatic heterocycles. The highest BCUT2D eigenvalue weighted by Gasteiger charge is 2.42. The first-order valence-corrected chi connectivity index (χ1v) is 13.4. The van der Waals surface area contributed by atoms with Gasteiger partial charge in [0, 0.05) is 12.2 Å². The summed E-state index contributed by atoms with van der Waals surface area (Å²) in [4.78, 5) is 45.1. The zero-order valence-corrected chi connectivity index (χ0v) is 23.2. The van der Waals surface area contributed by atoms with Gasteiger partial charge in [0.1, 0.15) is 35.4 Å². The number of benzene rings is 1. The van der Waals surface area contributed by atoms with Gasteiger partial charge in [0.25, 0.3) is 0 Å². The van der Waals surface area contributed by atoms with Gasteiger partial charge in [-0.05, 0) is 88.6 Å². The molecule has 2 heterocycles. The molecule has 212 valence electrons. The first-order valence-electron chi connectivity index (χ1n) is 13.4. The minimum atomic E-state index is -0.884. The van der Waals surface area contributed by atoms with Gasteiger partial charge in [-0.15, -0.1) is 0 Å². The Kier molecular flexibility index (Phi) is 8.28. The maximum absolute atomic E-state index is 13.4. The summed E-state index contributed by atoms with van der Waals surface area (Å²) < 4.78 is 18.9. The van der Waals surface area contributed by atoms with E-state index in [9.17, 15) is 24.0 Å². The van der Waals surface area contributed by atoms with Gasteiger partial charge in [0.15, 0.2) is 0 Å². The van der Waals surface area contributed by atoms with Crippen molar-refractivity contribution in [1.29, 1.82) is 5.26 Å². The van der Waals surface area contributed by atoms with E-state index in [4.69, 9.17) is 10.5 Å². The molecule has 1 aliphatic heterocycles. The number of pyridine rings is 1. The third kappa shape index (κ3) is 6.68. The number of rotatable bonds is 6. The summed E-state index contributed by atoms with van der Waals surface area (Å²) in [5.74, 6) is -1.07. The van der Waals surface area contributed by atoms with Crippen LogP contribution in [0.1, 0.15) is 69.0 Å². The summed E-state index contributed by atoms with van der Waals surface area (Å²) in [5, 5.41) is 15.0. The predicted molar refractivity (Wildman–Crippen MR) is 145 cm³/mol. The number of nitrogens with one attached hydrogen (secondary N) is 2. The third-order valence-corrected chi connectivity index (χ3v) is 7.15. The average Bonchev–Trinajstić information content (AvgIpc) is 3.47. The van der Waals surface area contributed by atoms with Gasteiger partial charge in [-0.2, -0.15) is 5.26 Å². The monoisotopic (exact) mass is 550 g/mol. The Hall–Kier alpha value is -4.20. The molecular weight excluding hydrogens is 515 g/mol. The van der Waals surface area contributed by atoms with Crippen molar-refractivity contribution in [2.45, 2.75) is 77.1 Å². The number of fused-ring (bicyclic) bond motifs is 1. The van der Waals surface area contributed by atoms with E-state index < -0.39 is 35.6 Å². The second kappa shape index (κ2) is 11.5. The lowest BCUT2D eigenvalue weighted by atomic mass is 9.96. The van der Waals surface area contributed by atoms with Crippen molar-refractivity contribution < 1.29 is 23.5 Å². The van der Waals surface area contributed by atoms with Crippen LogP contribution in [-0.2, 0) is 27.2 Å². The van der Waals surface area contributed by atoms with Crippen molar-refractivity contribution in [3.05, 3.63) is 58.5 Å². The molecule has 1 saturated heterocycles. The van der Waals surface area contributed by atoms with Gasteiger partial charge in [0.2, 0.25) is 11.8 Å². The molecule has 4 N–H and O–H groups in total. The lowest BCUT2D eigenvalue weighted by molar-refractivity contribution is -0.131. The number of hydrogen-bond donors (Lipinski definition) is 3. The summed E-state index contributed by atoms with van der Waals surface area (Å²) in [6.07, 6.45) is 1.54. The number of nitrogen functional groups attached to an aromatic ring is 1. The van der Waals surface area contributed by atoms with Crippen molar-refractivity contribution in [3.63, 3.8) is 0 Å². The van der Waals surface area contributed by atoms with Crippen molar-refractivity contribution >= 4 is 23.7 Å². The number of halogens is 1. The van der Waals surface area contributed by atoms with E-state index in [-0.39, 0.29) is 29.2 Å². The number of nitriles is 1. The zero-order valence-electron chi connectivity index (χ0n) is 23.2. The van der Waals surface area contributed by atoms with Crippen LogP contribution < -0.4 is 16.4 Å². The molecule has 4 atom stereocenters. The Labute approximate surface area is 233 Å². The number of likely N-dealkylation sites (tertiary alicyclic amines) is 1. The standard InChI is InChI=1S/C29H35FN6O4/c1-16(26(37)35-23-10-9-22-21(23)13-19(14-31)25(32)34-22)33-27(38)24-12-18(11-17-5-7-20(30)8-6-17)15-36(24)28(39)40-29(2,3)4/h5-8,13,16,18,23-24H,9-12,15H2,1-4H3,(H2,32,34)(H,33,38)(H,35,37)/t16-,18-,23?,24+/m0/s1. The Morgan fingerprint density at radius 1 is 1.27 bits per heavy atom. The summed E-state index contributed by atoms with van der Waals surface area (Å²) in [5.41, 5.74) is 7.71. The Bertz CT molecular complexity index is 1330. The third-order valence-electron chi connectivity index (χ3n) is 7.15. The van der Waals surface area contributed by atoms with Crippen LogP contribution in [-0.4, -0.2) is 52.0 Å². The molecule has 2 aromatic rings. The minimum Gasteiger partial charge on any atom is -0.444 e. The summed E-state index contributed by atoms with van der Waals surface area (Å²) in [6.45, 7) is 7.13. The number of carbonyl (C=O) groups is 3. The van der Waals surface area contributed by atoms with Crippen LogP contribution in [0.5, 0.6) is 0 Å². The first kappa shape index (κ1) is 28.8. The molecule has 4 rings (SSSR count). The molecular formula is C29H35FN6O4. The first-order chi connectivity index (χ1) is 18.8. The highest BCUT2D eigenvalue weighted by Crippen LogP contribution is 2.32. The van der Waals surface area contributed by atoms with Gasteiger partial charge in [-0.25, -0.2) is 14.2 Å². The number of aromatic nitrogens is 1. The van der Waals surface area contributed by atoms with E-state index in [1.165, 1.54) is 17.0 Å². The van der Waals surface area contributed by atoms with Crippen molar-refractivity contribution in [3.8, 4) is 6.07 Å². The molecule has 1 aliphatic carbocycles. The van der Waals surface area contributed by atoms with Crippen molar-refractivity contribution in [1.82, 2.24) is 20.5 Å². The Morgan fingerprint density at radius 2 is 1.98 bits per heavy atom. The molecule has 0 spiro atoms. The smallest absolute Gasteiger partial charge is 0.410 e. The molecule has 40 heavy (non-hydrogen) atoms. The lowest BCUT2D eigenvalue weighted by Crippen LogP contribution is -2.52. The van der Waals surface area contributed by atoms with Crippen LogP contribution in [0.2, 0.25) is 0 Å². The maximum atomic E-state index is 13.4. The number of amides is 3. The highest BCUT2D eigenvalue weighted by atomic mass is 19.1. The molecule has 0 saturated carbocycles. The van der Waals surface area contributed by atoms with E-state index in [0.717, 1.165) is 16.8 Å². The summed E-state index contributed by atoms with van der Waals surface area (Å²) >= 11 is 0. The summed E-state index contributed by atoms with van der Waals surface area (Å²) in [6, 6.07) is 7.75. The molecule has 0 radical (unpaired) electrons. The number of anilines is 1. The maximum Gasteiger partial charge on any atom is 0.410 e. The molecule has 2 aliphatic rings. The van der Waals surface area contributed by atoms with E-state index in [0.29, 0.717) is 32.2 Å². The second-order valence-electron chi connectivity index (χ2n) is 11.5. The van der Waals surface area contributed by atoms with E-state index in [2.05, 4.69) is 15.6 Å². The number of hydrogen-bond acceptors (Lipinski definition) is 7. The summed E-state index contributed by atoms with van der Waals surface area (Å²) in [7, 11) is 0. The topological polar surface area (TPSA) is 150 Å². The average molecular weight is 551 g/mol. The van der Waals surface area contributed by atoms with Crippen LogP contribution in [0.15, 0.2) is 30.3 Å². The highest BCUT2D eigenvalue weighted by molar-refractivity contribution is 5.91. The molecule has 10 nitrogen and oxygen atoms in total. The normalized spacial score (nSPS) is 20.8. The molecule has 3 amide bonds. The van der Waals surface area contributed by atoms with Crippen LogP contribution in [0.4, 0.5) is 15.0 Å². The molecule has 11 heteroatoms. The molecule has 1 aromatic carbocycles. The largest absolute Gasteiger partial charge is 0.444 e. The van der Waals surface area contributed by atoms with E-state index in [1.54, 1.807) is 45.9 Å². The fraction of sp³-hybridized carbons (Fsp3) is 0.483. The van der Waals surface area contributed by atoms with E-state index >= 15 is 0 Å². The van der Waals surface area contributed by atoms with Crippen LogP contribution in [0.3, 0.4) is 0 Å².